The molecule has 0 spiro atoms. The maximum atomic E-state index is 14.0. The Balaban J connectivity index is 2.14. The number of fused-ring (bicyclic) bond motifs is 1. The molecule has 0 atom stereocenters. The molecule has 0 saturated carbocycles. The number of H-pyrrole nitrogens is 1. The van der Waals surface area contributed by atoms with Crippen LogP contribution in [0.15, 0.2) is 42.5 Å². The standard InChI is InChI=1S/C14H10BrFN2/c15-8-9-5-6-10(11(16)7-9)14-17-12-3-1-2-4-13(12)18-14/h1-7H,8H2,(H,17,18). The third-order valence-corrected chi connectivity index (χ3v) is 3.48. The number of benzene rings is 2. The molecule has 18 heavy (non-hydrogen) atoms. The minimum absolute atomic E-state index is 0.258. The number of para-hydroxylation sites is 2. The zero-order chi connectivity index (χ0) is 12.5. The topological polar surface area (TPSA) is 28.7 Å². The fourth-order valence-electron chi connectivity index (χ4n) is 1.91. The van der Waals surface area contributed by atoms with Gasteiger partial charge in [-0.15, -0.1) is 0 Å². The SMILES string of the molecule is Fc1cc(CBr)ccc1-c1nc2ccccc2[nH]1. The van der Waals surface area contributed by atoms with Crippen LogP contribution in [0.3, 0.4) is 0 Å². The summed E-state index contributed by atoms with van der Waals surface area (Å²) in [4.78, 5) is 7.52. The molecule has 3 rings (SSSR count). The number of hydrogen-bond acceptors (Lipinski definition) is 1. The summed E-state index contributed by atoms with van der Waals surface area (Å²) in [6.45, 7) is 0. The van der Waals surface area contributed by atoms with Gasteiger partial charge in [0, 0.05) is 5.33 Å². The summed E-state index contributed by atoms with van der Waals surface area (Å²) >= 11 is 3.31. The molecule has 0 amide bonds. The summed E-state index contributed by atoms with van der Waals surface area (Å²) in [5.74, 6) is 0.306. The van der Waals surface area contributed by atoms with E-state index in [0.29, 0.717) is 16.7 Å². The first-order valence-electron chi connectivity index (χ1n) is 5.57. The van der Waals surface area contributed by atoms with E-state index in [1.807, 2.05) is 30.3 Å². The predicted octanol–water partition coefficient (Wildman–Crippen LogP) is 4.26. The van der Waals surface area contributed by atoms with Crippen LogP contribution < -0.4 is 0 Å². The summed E-state index contributed by atoms with van der Waals surface area (Å²) < 4.78 is 14.0. The van der Waals surface area contributed by atoms with Gasteiger partial charge in [-0.2, -0.15) is 0 Å². The molecule has 0 unspecified atom stereocenters. The lowest BCUT2D eigenvalue weighted by Crippen LogP contribution is -1.88. The number of aromatic nitrogens is 2. The highest BCUT2D eigenvalue weighted by Gasteiger charge is 2.10. The van der Waals surface area contributed by atoms with Crippen molar-refractivity contribution in [3.05, 3.63) is 53.8 Å². The monoisotopic (exact) mass is 304 g/mol. The minimum atomic E-state index is -0.258. The van der Waals surface area contributed by atoms with Gasteiger partial charge in [0.25, 0.3) is 0 Å². The second kappa shape index (κ2) is 4.53. The summed E-state index contributed by atoms with van der Waals surface area (Å²) in [7, 11) is 0. The zero-order valence-electron chi connectivity index (χ0n) is 9.45. The molecule has 1 N–H and O–H groups in total. The van der Waals surface area contributed by atoms with Gasteiger partial charge in [-0.25, -0.2) is 9.37 Å². The minimum Gasteiger partial charge on any atom is -0.338 e. The third kappa shape index (κ3) is 1.93. The van der Waals surface area contributed by atoms with Crippen LogP contribution in [-0.2, 0) is 5.33 Å². The van der Waals surface area contributed by atoms with E-state index in [9.17, 15) is 4.39 Å². The molecule has 90 valence electrons. The van der Waals surface area contributed by atoms with Crippen molar-refractivity contribution < 1.29 is 4.39 Å². The van der Waals surface area contributed by atoms with Crippen LogP contribution in [0, 0.1) is 5.82 Å². The molecule has 2 aromatic carbocycles. The zero-order valence-corrected chi connectivity index (χ0v) is 11.0. The number of rotatable bonds is 2. The average molecular weight is 305 g/mol. The van der Waals surface area contributed by atoms with Crippen LogP contribution in [0.1, 0.15) is 5.56 Å². The molecule has 0 aliphatic rings. The lowest BCUT2D eigenvalue weighted by Gasteiger charge is -2.01. The van der Waals surface area contributed by atoms with E-state index in [1.54, 1.807) is 6.07 Å². The largest absolute Gasteiger partial charge is 0.338 e. The Morgan fingerprint density at radius 2 is 2.00 bits per heavy atom. The van der Waals surface area contributed by atoms with E-state index in [-0.39, 0.29) is 5.82 Å². The number of nitrogens with one attached hydrogen (secondary N) is 1. The third-order valence-electron chi connectivity index (χ3n) is 2.83. The van der Waals surface area contributed by atoms with Crippen LogP contribution in [0.5, 0.6) is 0 Å². The molecule has 0 aliphatic carbocycles. The van der Waals surface area contributed by atoms with E-state index < -0.39 is 0 Å². The Hall–Kier alpha value is -1.68. The van der Waals surface area contributed by atoms with Crippen molar-refractivity contribution in [3.8, 4) is 11.4 Å². The van der Waals surface area contributed by atoms with Crippen molar-refractivity contribution in [2.24, 2.45) is 0 Å². The van der Waals surface area contributed by atoms with Gasteiger partial charge in [0.05, 0.1) is 16.6 Å². The number of alkyl halides is 1. The molecular weight excluding hydrogens is 295 g/mol. The van der Waals surface area contributed by atoms with Crippen LogP contribution in [0.25, 0.3) is 22.4 Å². The Kier molecular flexibility index (Phi) is 2.88. The number of nitrogens with zero attached hydrogens (tertiary/aromatic N) is 1. The normalized spacial score (nSPS) is 11.0. The smallest absolute Gasteiger partial charge is 0.141 e. The van der Waals surface area contributed by atoms with Gasteiger partial charge in [0.15, 0.2) is 0 Å². The predicted molar refractivity (Wildman–Crippen MR) is 74.1 cm³/mol. The van der Waals surface area contributed by atoms with E-state index in [4.69, 9.17) is 0 Å². The number of aromatic amines is 1. The summed E-state index contributed by atoms with van der Waals surface area (Å²) in [6, 6.07) is 12.8. The van der Waals surface area contributed by atoms with Crippen LogP contribution in [0.4, 0.5) is 4.39 Å². The lowest BCUT2D eigenvalue weighted by atomic mass is 10.1. The maximum Gasteiger partial charge on any atom is 0.141 e. The first kappa shape index (κ1) is 11.4. The summed E-state index contributed by atoms with van der Waals surface area (Å²) in [6.07, 6.45) is 0. The van der Waals surface area contributed by atoms with E-state index in [2.05, 4.69) is 25.9 Å². The molecule has 2 nitrogen and oxygen atoms in total. The Labute approximate surface area is 112 Å². The van der Waals surface area contributed by atoms with Gasteiger partial charge >= 0.3 is 0 Å². The number of halogens is 2. The molecule has 3 aromatic rings. The number of hydrogen-bond donors (Lipinski definition) is 1. The molecule has 0 bridgehead atoms. The first-order chi connectivity index (χ1) is 8.78. The summed E-state index contributed by atoms with van der Waals surface area (Å²) in [5, 5.41) is 0.643. The molecule has 0 saturated heterocycles. The Bertz CT molecular complexity index is 673. The highest BCUT2D eigenvalue weighted by atomic mass is 79.9. The second-order valence-electron chi connectivity index (χ2n) is 4.05. The molecular formula is C14H10BrFN2. The van der Waals surface area contributed by atoms with E-state index in [0.717, 1.165) is 16.6 Å². The average Bonchev–Trinajstić information content (AvgIpc) is 2.81. The number of imidazole rings is 1. The lowest BCUT2D eigenvalue weighted by molar-refractivity contribution is 0.629. The van der Waals surface area contributed by atoms with Crippen molar-refractivity contribution in [2.75, 3.05) is 0 Å². The molecule has 1 heterocycles. The van der Waals surface area contributed by atoms with Crippen molar-refractivity contribution in [1.29, 1.82) is 0 Å². The maximum absolute atomic E-state index is 14.0. The Morgan fingerprint density at radius 1 is 1.17 bits per heavy atom. The highest BCUT2D eigenvalue weighted by Crippen LogP contribution is 2.24. The second-order valence-corrected chi connectivity index (χ2v) is 4.61. The van der Waals surface area contributed by atoms with Crippen molar-refractivity contribution in [1.82, 2.24) is 9.97 Å². The fraction of sp³-hybridized carbons (Fsp3) is 0.0714. The van der Waals surface area contributed by atoms with Gasteiger partial charge in [-0.3, -0.25) is 0 Å². The van der Waals surface area contributed by atoms with E-state index >= 15 is 0 Å². The quantitative estimate of drug-likeness (QED) is 0.704. The molecule has 0 aliphatic heterocycles. The van der Waals surface area contributed by atoms with Gasteiger partial charge in [0.1, 0.15) is 11.6 Å². The van der Waals surface area contributed by atoms with Crippen molar-refractivity contribution >= 4 is 27.0 Å². The molecule has 4 heteroatoms. The molecule has 1 aromatic heterocycles. The van der Waals surface area contributed by atoms with Crippen molar-refractivity contribution in [2.45, 2.75) is 5.33 Å². The van der Waals surface area contributed by atoms with Gasteiger partial charge in [0.2, 0.25) is 0 Å². The van der Waals surface area contributed by atoms with Gasteiger partial charge in [-0.1, -0.05) is 34.1 Å². The summed E-state index contributed by atoms with van der Waals surface area (Å²) in [5.41, 5.74) is 3.16. The van der Waals surface area contributed by atoms with Crippen LogP contribution in [-0.4, -0.2) is 9.97 Å². The van der Waals surface area contributed by atoms with Gasteiger partial charge in [-0.05, 0) is 29.8 Å². The first-order valence-corrected chi connectivity index (χ1v) is 6.69. The highest BCUT2D eigenvalue weighted by molar-refractivity contribution is 9.08. The van der Waals surface area contributed by atoms with Gasteiger partial charge < -0.3 is 4.98 Å². The van der Waals surface area contributed by atoms with Crippen LogP contribution >= 0.6 is 15.9 Å². The Morgan fingerprint density at radius 3 is 2.72 bits per heavy atom. The van der Waals surface area contributed by atoms with Crippen LogP contribution in [0.2, 0.25) is 0 Å². The fourth-order valence-corrected chi connectivity index (χ4v) is 2.26. The molecule has 0 radical (unpaired) electrons. The molecule has 0 fully saturated rings. The van der Waals surface area contributed by atoms with E-state index in [1.165, 1.54) is 6.07 Å². The van der Waals surface area contributed by atoms with Crippen molar-refractivity contribution in [3.63, 3.8) is 0 Å².